The predicted octanol–water partition coefficient (Wildman–Crippen LogP) is 3.58. The lowest BCUT2D eigenvalue weighted by atomic mass is 9.98. The molecule has 1 aliphatic carbocycles. The molecule has 1 aliphatic rings. The number of hydrogen-bond acceptors (Lipinski definition) is 2. The summed E-state index contributed by atoms with van der Waals surface area (Å²) >= 11 is 6.06. The highest BCUT2D eigenvalue weighted by Crippen LogP contribution is 2.34. The van der Waals surface area contributed by atoms with Crippen molar-refractivity contribution in [1.82, 2.24) is 4.98 Å². The Labute approximate surface area is 96.1 Å². The Morgan fingerprint density at radius 2 is 2.20 bits per heavy atom. The summed E-state index contributed by atoms with van der Waals surface area (Å²) in [5.41, 5.74) is 1.01. The van der Waals surface area contributed by atoms with Gasteiger partial charge >= 0.3 is 0 Å². The van der Waals surface area contributed by atoms with Gasteiger partial charge in [-0.1, -0.05) is 25.4 Å². The van der Waals surface area contributed by atoms with Gasteiger partial charge in [-0.2, -0.15) is 0 Å². The maximum atomic E-state index is 6.06. The molecular weight excluding hydrogens is 208 g/mol. The zero-order chi connectivity index (χ0) is 10.8. The fourth-order valence-corrected chi connectivity index (χ4v) is 2.43. The first-order chi connectivity index (χ1) is 7.18. The lowest BCUT2D eigenvalue weighted by Crippen LogP contribution is -2.24. The highest BCUT2D eigenvalue weighted by atomic mass is 35.5. The van der Waals surface area contributed by atoms with E-state index < -0.39 is 0 Å². The molecule has 1 N–H and O–H groups in total. The average Bonchev–Trinajstić information content (AvgIpc) is 2.53. The fraction of sp³-hybridized carbons (Fsp3) is 0.583. The van der Waals surface area contributed by atoms with Crippen LogP contribution in [0.25, 0.3) is 0 Å². The number of aromatic nitrogens is 1. The van der Waals surface area contributed by atoms with E-state index in [1.165, 1.54) is 12.8 Å². The van der Waals surface area contributed by atoms with Crippen LogP contribution in [-0.4, -0.2) is 11.0 Å². The number of nitrogens with one attached hydrogen (secondary N) is 1. The van der Waals surface area contributed by atoms with Gasteiger partial charge in [0, 0.05) is 18.4 Å². The second-order valence-corrected chi connectivity index (χ2v) is 4.93. The lowest BCUT2D eigenvalue weighted by molar-refractivity contribution is 0.435. The Morgan fingerprint density at radius 1 is 1.40 bits per heavy atom. The molecule has 0 aliphatic heterocycles. The molecule has 0 saturated heterocycles. The van der Waals surface area contributed by atoms with Crippen molar-refractivity contribution in [2.45, 2.75) is 32.7 Å². The highest BCUT2D eigenvalue weighted by Gasteiger charge is 2.29. The molecule has 82 valence electrons. The Bertz CT molecular complexity index is 340. The molecule has 0 bridgehead atoms. The third-order valence-electron chi connectivity index (χ3n) is 3.58. The van der Waals surface area contributed by atoms with E-state index in [9.17, 15) is 0 Å². The molecule has 3 heteroatoms. The van der Waals surface area contributed by atoms with E-state index in [0.717, 1.165) is 11.6 Å². The predicted molar refractivity (Wildman–Crippen MR) is 64.2 cm³/mol. The molecular formula is C12H17ClN2. The zero-order valence-corrected chi connectivity index (χ0v) is 9.96. The zero-order valence-electron chi connectivity index (χ0n) is 9.20. The highest BCUT2D eigenvalue weighted by molar-refractivity contribution is 6.33. The maximum Gasteiger partial charge on any atom is 0.0820 e. The summed E-state index contributed by atoms with van der Waals surface area (Å²) in [6, 6.07) is 2.50. The van der Waals surface area contributed by atoms with Crippen molar-refractivity contribution in [2.24, 2.45) is 11.8 Å². The van der Waals surface area contributed by atoms with Crippen LogP contribution in [0.3, 0.4) is 0 Å². The summed E-state index contributed by atoms with van der Waals surface area (Å²) in [5.74, 6) is 1.53. The topological polar surface area (TPSA) is 24.9 Å². The molecule has 0 spiro atoms. The summed E-state index contributed by atoms with van der Waals surface area (Å²) in [7, 11) is 0. The lowest BCUT2D eigenvalue weighted by Gasteiger charge is -2.21. The number of anilines is 1. The summed E-state index contributed by atoms with van der Waals surface area (Å²) in [6.07, 6.45) is 6.01. The number of pyridine rings is 1. The molecule has 1 aromatic rings. The molecule has 2 nitrogen and oxygen atoms in total. The van der Waals surface area contributed by atoms with Crippen molar-refractivity contribution in [1.29, 1.82) is 0 Å². The van der Waals surface area contributed by atoms with Crippen molar-refractivity contribution in [3.05, 3.63) is 23.5 Å². The monoisotopic (exact) mass is 224 g/mol. The van der Waals surface area contributed by atoms with E-state index in [1.807, 2.05) is 6.07 Å². The van der Waals surface area contributed by atoms with Crippen LogP contribution < -0.4 is 5.32 Å². The van der Waals surface area contributed by atoms with Crippen LogP contribution in [0.2, 0.25) is 5.02 Å². The van der Waals surface area contributed by atoms with E-state index in [0.29, 0.717) is 17.0 Å². The third-order valence-corrected chi connectivity index (χ3v) is 3.88. The van der Waals surface area contributed by atoms with Crippen LogP contribution >= 0.6 is 11.6 Å². The molecule has 1 aromatic heterocycles. The van der Waals surface area contributed by atoms with Gasteiger partial charge in [-0.3, -0.25) is 4.98 Å². The summed E-state index contributed by atoms with van der Waals surface area (Å²) in [5, 5.41) is 4.23. The van der Waals surface area contributed by atoms with Gasteiger partial charge < -0.3 is 5.32 Å². The number of nitrogens with zero attached hydrogens (tertiary/aromatic N) is 1. The SMILES string of the molecule is CC1CCC(Nc2ccncc2Cl)C1C. The second-order valence-electron chi connectivity index (χ2n) is 4.52. The molecule has 0 aromatic carbocycles. The summed E-state index contributed by atoms with van der Waals surface area (Å²) in [4.78, 5) is 3.98. The first-order valence-corrected chi connectivity index (χ1v) is 5.92. The smallest absolute Gasteiger partial charge is 0.0820 e. The first-order valence-electron chi connectivity index (χ1n) is 5.54. The van der Waals surface area contributed by atoms with E-state index in [1.54, 1.807) is 12.4 Å². The number of halogens is 1. The van der Waals surface area contributed by atoms with Crippen molar-refractivity contribution < 1.29 is 0 Å². The Kier molecular flexibility index (Phi) is 3.15. The molecule has 3 unspecified atom stereocenters. The van der Waals surface area contributed by atoms with Gasteiger partial charge in [0.1, 0.15) is 0 Å². The van der Waals surface area contributed by atoms with Crippen LogP contribution in [0, 0.1) is 11.8 Å². The Hall–Kier alpha value is -0.760. The molecule has 0 radical (unpaired) electrons. The average molecular weight is 225 g/mol. The van der Waals surface area contributed by atoms with E-state index >= 15 is 0 Å². The van der Waals surface area contributed by atoms with Crippen LogP contribution in [0.4, 0.5) is 5.69 Å². The second kappa shape index (κ2) is 4.40. The van der Waals surface area contributed by atoms with E-state index in [4.69, 9.17) is 11.6 Å². The Morgan fingerprint density at radius 3 is 2.80 bits per heavy atom. The van der Waals surface area contributed by atoms with Gasteiger partial charge in [-0.15, -0.1) is 0 Å². The van der Waals surface area contributed by atoms with E-state index in [-0.39, 0.29) is 0 Å². The normalized spacial score (nSPS) is 30.5. The van der Waals surface area contributed by atoms with Crippen LogP contribution in [-0.2, 0) is 0 Å². The van der Waals surface area contributed by atoms with E-state index in [2.05, 4.69) is 24.1 Å². The van der Waals surface area contributed by atoms with Crippen LogP contribution in [0.1, 0.15) is 26.7 Å². The van der Waals surface area contributed by atoms with Gasteiger partial charge in [0.15, 0.2) is 0 Å². The molecule has 3 atom stereocenters. The summed E-state index contributed by atoms with van der Waals surface area (Å²) < 4.78 is 0. The standard InChI is InChI=1S/C12H17ClN2/c1-8-3-4-11(9(8)2)15-12-5-6-14-7-10(12)13/h5-9,11H,3-4H2,1-2H3,(H,14,15). The minimum Gasteiger partial charge on any atom is -0.381 e. The molecule has 1 saturated carbocycles. The van der Waals surface area contributed by atoms with Crippen molar-refractivity contribution in [3.8, 4) is 0 Å². The molecule has 1 heterocycles. The van der Waals surface area contributed by atoms with Gasteiger partial charge in [-0.25, -0.2) is 0 Å². The molecule has 2 rings (SSSR count). The largest absolute Gasteiger partial charge is 0.381 e. The molecule has 15 heavy (non-hydrogen) atoms. The minimum absolute atomic E-state index is 0.555. The number of hydrogen-bond donors (Lipinski definition) is 1. The maximum absolute atomic E-state index is 6.06. The fourth-order valence-electron chi connectivity index (χ4n) is 2.26. The van der Waals surface area contributed by atoms with Gasteiger partial charge in [0.25, 0.3) is 0 Å². The van der Waals surface area contributed by atoms with Crippen molar-refractivity contribution in [3.63, 3.8) is 0 Å². The molecule has 0 amide bonds. The van der Waals surface area contributed by atoms with Gasteiger partial charge in [0.05, 0.1) is 10.7 Å². The summed E-state index contributed by atoms with van der Waals surface area (Å²) in [6.45, 7) is 4.63. The minimum atomic E-state index is 0.555. The van der Waals surface area contributed by atoms with Crippen molar-refractivity contribution in [2.75, 3.05) is 5.32 Å². The van der Waals surface area contributed by atoms with Gasteiger partial charge in [-0.05, 0) is 30.7 Å². The van der Waals surface area contributed by atoms with Crippen LogP contribution in [0.15, 0.2) is 18.5 Å². The Balaban J connectivity index is 2.07. The quantitative estimate of drug-likeness (QED) is 0.831. The molecule has 1 fully saturated rings. The van der Waals surface area contributed by atoms with Gasteiger partial charge in [0.2, 0.25) is 0 Å². The first kappa shape index (κ1) is 10.7. The van der Waals surface area contributed by atoms with Crippen LogP contribution in [0.5, 0.6) is 0 Å². The van der Waals surface area contributed by atoms with Crippen molar-refractivity contribution >= 4 is 17.3 Å². The number of rotatable bonds is 2. The third kappa shape index (κ3) is 2.25.